The lowest BCUT2D eigenvalue weighted by atomic mass is 10.2. The third kappa shape index (κ3) is 3.26. The third-order valence-electron chi connectivity index (χ3n) is 2.71. The molecule has 0 N–H and O–H groups in total. The van der Waals surface area contributed by atoms with E-state index in [9.17, 15) is 4.79 Å². The Morgan fingerprint density at radius 1 is 1.15 bits per heavy atom. The van der Waals surface area contributed by atoms with E-state index >= 15 is 0 Å². The van der Waals surface area contributed by atoms with Crippen LogP contribution < -0.4 is 14.2 Å². The molecule has 0 amide bonds. The number of aldehydes is 1. The summed E-state index contributed by atoms with van der Waals surface area (Å²) in [7, 11) is 3.10. The van der Waals surface area contributed by atoms with E-state index in [1.807, 2.05) is 12.1 Å². The van der Waals surface area contributed by atoms with Gasteiger partial charge in [0, 0.05) is 6.07 Å². The van der Waals surface area contributed by atoms with Gasteiger partial charge in [0.25, 0.3) is 0 Å². The number of rotatable bonds is 6. The molecule has 5 heteroatoms. The molecule has 1 aromatic carbocycles. The summed E-state index contributed by atoms with van der Waals surface area (Å²) in [6.45, 7) is 0.254. The Bertz CT molecular complexity index is 598. The molecule has 2 rings (SSSR count). The van der Waals surface area contributed by atoms with Crippen LogP contribution in [0.1, 0.15) is 16.1 Å². The number of nitrogens with zero attached hydrogens (tertiary/aromatic N) is 1. The predicted octanol–water partition coefficient (Wildman–Crippen LogP) is 2.49. The van der Waals surface area contributed by atoms with Crippen LogP contribution in [0.15, 0.2) is 36.4 Å². The Balaban J connectivity index is 2.11. The summed E-state index contributed by atoms with van der Waals surface area (Å²) in [5.74, 6) is 1.63. The average Bonchev–Trinajstić information content (AvgIpc) is 2.52. The Morgan fingerprint density at radius 2 is 2.00 bits per heavy atom. The molecule has 0 aliphatic carbocycles. The van der Waals surface area contributed by atoms with Crippen LogP contribution in [0.5, 0.6) is 17.4 Å². The highest BCUT2D eigenvalue weighted by Crippen LogP contribution is 2.23. The number of ether oxygens (including phenoxy) is 3. The van der Waals surface area contributed by atoms with E-state index in [4.69, 9.17) is 14.2 Å². The molecule has 0 unspecified atom stereocenters. The Hall–Kier alpha value is -2.56. The highest BCUT2D eigenvalue weighted by Gasteiger charge is 2.06. The van der Waals surface area contributed by atoms with Crippen molar-refractivity contribution in [2.24, 2.45) is 0 Å². The van der Waals surface area contributed by atoms with Gasteiger partial charge in [-0.05, 0) is 24.3 Å². The van der Waals surface area contributed by atoms with Gasteiger partial charge in [-0.25, -0.2) is 4.98 Å². The Kier molecular flexibility index (Phi) is 4.55. The number of pyridine rings is 1. The number of hydrogen-bond acceptors (Lipinski definition) is 5. The second-order valence-electron chi connectivity index (χ2n) is 3.98. The van der Waals surface area contributed by atoms with Crippen molar-refractivity contribution >= 4 is 6.29 Å². The number of benzene rings is 1. The Morgan fingerprint density at radius 3 is 2.70 bits per heavy atom. The van der Waals surface area contributed by atoms with Crippen molar-refractivity contribution < 1.29 is 19.0 Å². The molecule has 1 aromatic heterocycles. The quantitative estimate of drug-likeness (QED) is 0.757. The first-order valence-corrected chi connectivity index (χ1v) is 6.02. The molecular formula is C15H15NO4. The SMILES string of the molecule is COc1ccc(OCc2cccc(OC)n2)c(C=O)c1. The molecule has 0 aliphatic heterocycles. The van der Waals surface area contributed by atoms with Gasteiger partial charge < -0.3 is 14.2 Å². The van der Waals surface area contributed by atoms with E-state index in [-0.39, 0.29) is 6.61 Å². The van der Waals surface area contributed by atoms with E-state index < -0.39 is 0 Å². The molecule has 0 spiro atoms. The second kappa shape index (κ2) is 6.56. The molecule has 0 bridgehead atoms. The van der Waals surface area contributed by atoms with Crippen LogP contribution >= 0.6 is 0 Å². The summed E-state index contributed by atoms with van der Waals surface area (Å²) in [4.78, 5) is 15.3. The fraction of sp³-hybridized carbons (Fsp3) is 0.200. The van der Waals surface area contributed by atoms with E-state index in [2.05, 4.69) is 4.98 Å². The zero-order chi connectivity index (χ0) is 14.4. The van der Waals surface area contributed by atoms with Crippen LogP contribution in [0.4, 0.5) is 0 Å². The van der Waals surface area contributed by atoms with Crippen molar-refractivity contribution in [1.29, 1.82) is 0 Å². The lowest BCUT2D eigenvalue weighted by Crippen LogP contribution is -2.01. The summed E-state index contributed by atoms with van der Waals surface area (Å²) in [6.07, 6.45) is 0.733. The van der Waals surface area contributed by atoms with Crippen molar-refractivity contribution in [2.45, 2.75) is 6.61 Å². The molecule has 0 aliphatic rings. The van der Waals surface area contributed by atoms with E-state index in [0.717, 1.165) is 12.0 Å². The largest absolute Gasteiger partial charge is 0.497 e. The molecular weight excluding hydrogens is 258 g/mol. The summed E-state index contributed by atoms with van der Waals surface area (Å²) in [5.41, 5.74) is 1.16. The lowest BCUT2D eigenvalue weighted by molar-refractivity contribution is 0.111. The molecule has 1 heterocycles. The van der Waals surface area contributed by atoms with Crippen LogP contribution in [0, 0.1) is 0 Å². The molecule has 0 radical (unpaired) electrons. The number of methoxy groups -OCH3 is 2. The summed E-state index contributed by atoms with van der Waals surface area (Å²) < 4.78 is 15.7. The molecule has 0 saturated carbocycles. The highest BCUT2D eigenvalue weighted by atomic mass is 16.5. The summed E-state index contributed by atoms with van der Waals surface area (Å²) in [6, 6.07) is 10.5. The van der Waals surface area contributed by atoms with Crippen LogP contribution in [-0.4, -0.2) is 25.5 Å². The average molecular weight is 273 g/mol. The van der Waals surface area contributed by atoms with Gasteiger partial charge in [0.2, 0.25) is 5.88 Å². The number of carbonyl (C=O) groups is 1. The van der Waals surface area contributed by atoms with Gasteiger partial charge in [-0.15, -0.1) is 0 Å². The normalized spacial score (nSPS) is 9.90. The van der Waals surface area contributed by atoms with Gasteiger partial charge in [0.1, 0.15) is 18.1 Å². The first-order chi connectivity index (χ1) is 9.76. The van der Waals surface area contributed by atoms with Gasteiger partial charge in [0.15, 0.2) is 6.29 Å². The Labute approximate surface area is 117 Å². The predicted molar refractivity (Wildman–Crippen MR) is 73.5 cm³/mol. The summed E-state index contributed by atoms with van der Waals surface area (Å²) in [5, 5.41) is 0. The minimum absolute atomic E-state index is 0.254. The zero-order valence-electron chi connectivity index (χ0n) is 11.3. The van der Waals surface area contributed by atoms with E-state index in [1.165, 1.54) is 0 Å². The monoisotopic (exact) mass is 273 g/mol. The fourth-order valence-corrected chi connectivity index (χ4v) is 1.68. The van der Waals surface area contributed by atoms with Crippen LogP contribution in [0.25, 0.3) is 0 Å². The third-order valence-corrected chi connectivity index (χ3v) is 2.71. The minimum Gasteiger partial charge on any atom is -0.497 e. The fourth-order valence-electron chi connectivity index (χ4n) is 1.68. The number of carbonyl (C=O) groups excluding carboxylic acids is 1. The van der Waals surface area contributed by atoms with Crippen LogP contribution in [0.3, 0.4) is 0 Å². The number of hydrogen-bond donors (Lipinski definition) is 0. The molecule has 2 aromatic rings. The molecule has 0 saturated heterocycles. The van der Waals surface area contributed by atoms with Crippen molar-refractivity contribution in [2.75, 3.05) is 14.2 Å². The van der Waals surface area contributed by atoms with Crippen molar-refractivity contribution in [3.63, 3.8) is 0 Å². The minimum atomic E-state index is 0.254. The topological polar surface area (TPSA) is 57.6 Å². The van der Waals surface area contributed by atoms with Crippen LogP contribution in [0.2, 0.25) is 0 Å². The van der Waals surface area contributed by atoms with Crippen molar-refractivity contribution in [3.05, 3.63) is 47.7 Å². The molecule has 104 valence electrons. The second-order valence-corrected chi connectivity index (χ2v) is 3.98. The van der Waals surface area contributed by atoms with Gasteiger partial charge >= 0.3 is 0 Å². The standard InChI is InChI=1S/C15H15NO4/c1-18-13-6-7-14(11(8-13)9-17)20-10-12-4-3-5-15(16-12)19-2/h3-9H,10H2,1-2H3. The first kappa shape index (κ1) is 13.9. The zero-order valence-corrected chi connectivity index (χ0v) is 11.3. The molecule has 0 fully saturated rings. The van der Waals surface area contributed by atoms with Crippen molar-refractivity contribution in [1.82, 2.24) is 4.98 Å². The highest BCUT2D eigenvalue weighted by molar-refractivity contribution is 5.80. The van der Waals surface area contributed by atoms with E-state index in [0.29, 0.717) is 22.9 Å². The van der Waals surface area contributed by atoms with Crippen LogP contribution in [-0.2, 0) is 6.61 Å². The van der Waals surface area contributed by atoms with Gasteiger partial charge in [-0.1, -0.05) is 6.07 Å². The first-order valence-electron chi connectivity index (χ1n) is 6.02. The van der Waals surface area contributed by atoms with E-state index in [1.54, 1.807) is 38.5 Å². The lowest BCUT2D eigenvalue weighted by Gasteiger charge is -2.10. The maximum atomic E-state index is 11.0. The maximum absolute atomic E-state index is 11.0. The van der Waals surface area contributed by atoms with Gasteiger partial charge in [-0.3, -0.25) is 4.79 Å². The number of aromatic nitrogens is 1. The van der Waals surface area contributed by atoms with Crippen molar-refractivity contribution in [3.8, 4) is 17.4 Å². The van der Waals surface area contributed by atoms with Gasteiger partial charge in [-0.2, -0.15) is 0 Å². The smallest absolute Gasteiger partial charge is 0.213 e. The summed E-state index contributed by atoms with van der Waals surface area (Å²) >= 11 is 0. The maximum Gasteiger partial charge on any atom is 0.213 e. The molecule has 0 atom stereocenters. The van der Waals surface area contributed by atoms with Gasteiger partial charge in [0.05, 0.1) is 25.5 Å². The molecule has 5 nitrogen and oxygen atoms in total. The molecule has 20 heavy (non-hydrogen) atoms.